The number of benzene rings is 1. The van der Waals surface area contributed by atoms with Crippen molar-refractivity contribution in [3.8, 4) is 0 Å². The van der Waals surface area contributed by atoms with E-state index in [9.17, 15) is 9.59 Å². The summed E-state index contributed by atoms with van der Waals surface area (Å²) in [7, 11) is 0. The number of amides is 1. The predicted molar refractivity (Wildman–Crippen MR) is 78.7 cm³/mol. The van der Waals surface area contributed by atoms with Crippen LogP contribution in [0.1, 0.15) is 38.9 Å². The highest BCUT2D eigenvalue weighted by Gasteiger charge is 2.28. The number of carboxylic acids is 1. The molecule has 2 aromatic rings. The Kier molecular flexibility index (Phi) is 3.82. The van der Waals surface area contributed by atoms with Gasteiger partial charge in [-0.3, -0.25) is 4.79 Å². The molecule has 2 heterocycles. The van der Waals surface area contributed by atoms with E-state index >= 15 is 0 Å². The highest BCUT2D eigenvalue weighted by molar-refractivity contribution is 5.93. The van der Waals surface area contributed by atoms with Crippen LogP contribution in [0.2, 0.25) is 0 Å². The molecule has 1 saturated heterocycles. The Balaban J connectivity index is 1.70. The molecule has 6 heteroatoms. The van der Waals surface area contributed by atoms with E-state index < -0.39 is 5.97 Å². The zero-order chi connectivity index (χ0) is 15.5. The van der Waals surface area contributed by atoms with E-state index in [4.69, 9.17) is 5.11 Å². The number of likely N-dealkylation sites (tertiary alicyclic amines) is 1. The second-order valence-corrected chi connectivity index (χ2v) is 5.24. The van der Waals surface area contributed by atoms with E-state index in [1.165, 1.54) is 11.8 Å². The number of nitrogens with zero attached hydrogens (tertiary/aromatic N) is 3. The smallest absolute Gasteiger partial charge is 0.356 e. The molecule has 6 nitrogen and oxygen atoms in total. The normalized spacial score (nSPS) is 17.5. The quantitative estimate of drug-likeness (QED) is 0.934. The second-order valence-electron chi connectivity index (χ2n) is 5.24. The van der Waals surface area contributed by atoms with E-state index in [0.29, 0.717) is 19.0 Å². The minimum atomic E-state index is -1.16. The minimum Gasteiger partial charge on any atom is -0.476 e. The fourth-order valence-corrected chi connectivity index (χ4v) is 2.65. The van der Waals surface area contributed by atoms with Gasteiger partial charge in [0.1, 0.15) is 5.69 Å². The summed E-state index contributed by atoms with van der Waals surface area (Å²) in [5.74, 6) is -1.03. The molecule has 0 radical (unpaired) electrons. The van der Waals surface area contributed by atoms with Gasteiger partial charge in [0.05, 0.1) is 12.4 Å². The topological polar surface area (TPSA) is 83.4 Å². The fraction of sp³-hybridized carbons (Fsp3) is 0.250. The Hall–Kier alpha value is -2.76. The van der Waals surface area contributed by atoms with Crippen molar-refractivity contribution in [1.29, 1.82) is 0 Å². The van der Waals surface area contributed by atoms with E-state index in [0.717, 1.165) is 12.6 Å². The molecule has 1 N–H and O–H groups in total. The van der Waals surface area contributed by atoms with Crippen LogP contribution in [0.3, 0.4) is 0 Å². The molecule has 1 fully saturated rings. The number of carbonyl (C=O) groups is 2. The molecule has 22 heavy (non-hydrogen) atoms. The van der Waals surface area contributed by atoms with Gasteiger partial charge in [-0.25, -0.2) is 14.8 Å². The monoisotopic (exact) mass is 297 g/mol. The largest absolute Gasteiger partial charge is 0.476 e. The van der Waals surface area contributed by atoms with Gasteiger partial charge in [0.25, 0.3) is 5.91 Å². The van der Waals surface area contributed by atoms with Gasteiger partial charge in [-0.2, -0.15) is 0 Å². The van der Waals surface area contributed by atoms with Gasteiger partial charge in [-0.15, -0.1) is 0 Å². The predicted octanol–water partition coefficient (Wildman–Crippen LogP) is 1.80. The number of hydrogen-bond donors (Lipinski definition) is 1. The lowest BCUT2D eigenvalue weighted by atomic mass is 9.99. The number of rotatable bonds is 3. The number of aromatic nitrogens is 2. The lowest BCUT2D eigenvalue weighted by Crippen LogP contribution is -2.29. The SMILES string of the molecule is O=C(O)c1cnc(C(=O)N2CCC(c3ccccc3)C2)cn1. The zero-order valence-corrected chi connectivity index (χ0v) is 11.8. The molecular weight excluding hydrogens is 282 g/mol. The maximum absolute atomic E-state index is 12.4. The van der Waals surface area contributed by atoms with Crippen LogP contribution >= 0.6 is 0 Å². The summed E-state index contributed by atoms with van der Waals surface area (Å²) in [6.07, 6.45) is 3.25. The van der Waals surface area contributed by atoms with Gasteiger partial charge in [0.2, 0.25) is 0 Å². The molecule has 1 aliphatic rings. The highest BCUT2D eigenvalue weighted by atomic mass is 16.4. The molecule has 1 unspecified atom stereocenters. The average molecular weight is 297 g/mol. The molecule has 1 aliphatic heterocycles. The van der Waals surface area contributed by atoms with Crippen LogP contribution in [0, 0.1) is 0 Å². The van der Waals surface area contributed by atoms with Gasteiger partial charge >= 0.3 is 5.97 Å². The summed E-state index contributed by atoms with van der Waals surface area (Å²) >= 11 is 0. The number of hydrogen-bond acceptors (Lipinski definition) is 4. The Labute approximate surface area is 127 Å². The van der Waals surface area contributed by atoms with Crippen LogP contribution in [0.25, 0.3) is 0 Å². The molecule has 112 valence electrons. The van der Waals surface area contributed by atoms with Crippen LogP contribution in [0.5, 0.6) is 0 Å². The molecule has 1 atom stereocenters. The first kappa shape index (κ1) is 14.2. The second kappa shape index (κ2) is 5.93. The number of carbonyl (C=O) groups excluding carboxylic acids is 1. The first-order chi connectivity index (χ1) is 10.6. The van der Waals surface area contributed by atoms with E-state index in [-0.39, 0.29) is 17.3 Å². The van der Waals surface area contributed by atoms with Crippen molar-refractivity contribution < 1.29 is 14.7 Å². The van der Waals surface area contributed by atoms with Crippen LogP contribution in [-0.4, -0.2) is 44.9 Å². The third-order valence-electron chi connectivity index (χ3n) is 3.84. The van der Waals surface area contributed by atoms with Crippen molar-refractivity contribution in [2.45, 2.75) is 12.3 Å². The molecule has 3 rings (SSSR count). The Morgan fingerprint density at radius 1 is 1.09 bits per heavy atom. The summed E-state index contributed by atoms with van der Waals surface area (Å²) < 4.78 is 0. The maximum atomic E-state index is 12.4. The number of aromatic carboxylic acids is 1. The van der Waals surface area contributed by atoms with Crippen molar-refractivity contribution in [2.24, 2.45) is 0 Å². The van der Waals surface area contributed by atoms with Gasteiger partial charge in [0, 0.05) is 19.0 Å². The third kappa shape index (κ3) is 2.81. The molecule has 0 saturated carbocycles. The Morgan fingerprint density at radius 3 is 2.41 bits per heavy atom. The van der Waals surface area contributed by atoms with Crippen molar-refractivity contribution in [3.63, 3.8) is 0 Å². The van der Waals surface area contributed by atoms with E-state index in [1.807, 2.05) is 18.2 Å². The van der Waals surface area contributed by atoms with Crippen molar-refractivity contribution in [3.05, 3.63) is 59.7 Å². The molecule has 0 bridgehead atoms. The lowest BCUT2D eigenvalue weighted by molar-refractivity contribution is 0.0687. The van der Waals surface area contributed by atoms with Crippen LogP contribution in [0.4, 0.5) is 0 Å². The van der Waals surface area contributed by atoms with Crippen molar-refractivity contribution in [1.82, 2.24) is 14.9 Å². The van der Waals surface area contributed by atoms with Crippen molar-refractivity contribution in [2.75, 3.05) is 13.1 Å². The van der Waals surface area contributed by atoms with Gasteiger partial charge in [-0.1, -0.05) is 30.3 Å². The van der Waals surface area contributed by atoms with Gasteiger partial charge < -0.3 is 10.0 Å². The molecule has 1 aromatic heterocycles. The third-order valence-corrected chi connectivity index (χ3v) is 3.84. The summed E-state index contributed by atoms with van der Waals surface area (Å²) in [5, 5.41) is 8.79. The van der Waals surface area contributed by atoms with Crippen LogP contribution < -0.4 is 0 Å². The first-order valence-electron chi connectivity index (χ1n) is 7.04. The van der Waals surface area contributed by atoms with Gasteiger partial charge in [-0.05, 0) is 12.0 Å². The average Bonchev–Trinajstić information content (AvgIpc) is 3.05. The maximum Gasteiger partial charge on any atom is 0.356 e. The van der Waals surface area contributed by atoms with Crippen molar-refractivity contribution >= 4 is 11.9 Å². The van der Waals surface area contributed by atoms with Crippen LogP contribution in [0.15, 0.2) is 42.7 Å². The molecular formula is C16H15N3O3. The van der Waals surface area contributed by atoms with E-state index in [2.05, 4.69) is 22.1 Å². The van der Waals surface area contributed by atoms with Gasteiger partial charge in [0.15, 0.2) is 5.69 Å². The Bertz CT molecular complexity index is 686. The lowest BCUT2D eigenvalue weighted by Gasteiger charge is -2.16. The highest BCUT2D eigenvalue weighted by Crippen LogP contribution is 2.27. The minimum absolute atomic E-state index is 0.167. The summed E-state index contributed by atoms with van der Waals surface area (Å²) in [6.45, 7) is 1.31. The standard InChI is InChI=1S/C16H15N3O3/c20-15(13-8-18-14(9-17-13)16(21)22)19-7-6-12(10-19)11-4-2-1-3-5-11/h1-5,8-9,12H,6-7,10H2,(H,21,22). The van der Waals surface area contributed by atoms with Crippen LogP contribution in [-0.2, 0) is 0 Å². The first-order valence-corrected chi connectivity index (χ1v) is 7.04. The molecule has 1 aromatic carbocycles. The fourth-order valence-electron chi connectivity index (χ4n) is 2.65. The Morgan fingerprint density at radius 2 is 1.77 bits per heavy atom. The van der Waals surface area contributed by atoms with E-state index in [1.54, 1.807) is 4.90 Å². The molecule has 1 amide bonds. The number of carboxylic acid groups (broad SMARTS) is 1. The summed E-state index contributed by atoms with van der Waals surface area (Å²) in [5.41, 5.74) is 1.24. The molecule has 0 spiro atoms. The summed E-state index contributed by atoms with van der Waals surface area (Å²) in [6, 6.07) is 10.1. The molecule has 0 aliphatic carbocycles. The summed E-state index contributed by atoms with van der Waals surface area (Å²) in [4.78, 5) is 32.5. The zero-order valence-electron chi connectivity index (χ0n) is 11.8.